The molecule has 35 heavy (non-hydrogen) atoms. The van der Waals surface area contributed by atoms with Crippen molar-refractivity contribution in [2.24, 2.45) is 40.4 Å². The van der Waals surface area contributed by atoms with Crippen LogP contribution in [0.25, 0.3) is 0 Å². The molecule has 4 rings (SSSR count). The zero-order valence-corrected chi connectivity index (χ0v) is 22.5. The molecular weight excluding hydrogens is 440 g/mol. The third kappa shape index (κ3) is 5.65. The van der Waals surface area contributed by atoms with Crippen LogP contribution in [0.3, 0.4) is 0 Å². The van der Waals surface area contributed by atoms with Crippen molar-refractivity contribution in [2.75, 3.05) is 13.2 Å². The van der Waals surface area contributed by atoms with Gasteiger partial charge >= 0.3 is 11.9 Å². The Hall–Kier alpha value is -1.36. The van der Waals surface area contributed by atoms with E-state index in [9.17, 15) is 9.59 Å². The molecule has 0 aromatic rings. The Morgan fingerprint density at radius 2 is 1.86 bits per heavy atom. The number of carboxylic acids is 1. The Morgan fingerprint density at radius 3 is 2.60 bits per heavy atom. The Labute approximate surface area is 212 Å². The number of aliphatic carboxylic acids is 1. The number of carbonyl (C=O) groups is 2. The molecule has 4 aliphatic rings. The van der Waals surface area contributed by atoms with Gasteiger partial charge in [0.05, 0.1) is 0 Å². The summed E-state index contributed by atoms with van der Waals surface area (Å²) in [5, 5.41) is 8.67. The van der Waals surface area contributed by atoms with E-state index < -0.39 is 18.5 Å². The molecule has 0 aromatic heterocycles. The molecule has 3 fully saturated rings. The highest BCUT2D eigenvalue weighted by Gasteiger charge is 2.58. The van der Waals surface area contributed by atoms with Crippen LogP contribution in [0.4, 0.5) is 0 Å². The van der Waals surface area contributed by atoms with E-state index in [1.54, 1.807) is 0 Å². The molecular formula is C30H48O5. The molecule has 198 valence electrons. The van der Waals surface area contributed by atoms with Crippen LogP contribution in [0.2, 0.25) is 0 Å². The van der Waals surface area contributed by atoms with Crippen LogP contribution in [-0.2, 0) is 19.1 Å². The highest BCUT2D eigenvalue weighted by atomic mass is 16.6. The van der Waals surface area contributed by atoms with E-state index in [-0.39, 0.29) is 18.1 Å². The van der Waals surface area contributed by atoms with Crippen molar-refractivity contribution in [3.8, 4) is 0 Å². The summed E-state index contributed by atoms with van der Waals surface area (Å²) < 4.78 is 10.6. The lowest BCUT2D eigenvalue weighted by atomic mass is 9.47. The van der Waals surface area contributed by atoms with Gasteiger partial charge in [-0.05, 0) is 91.8 Å². The fourth-order valence-electron chi connectivity index (χ4n) is 8.70. The van der Waals surface area contributed by atoms with E-state index in [1.807, 2.05) is 0 Å². The Morgan fingerprint density at radius 1 is 1.06 bits per heavy atom. The number of esters is 1. The molecule has 0 saturated heterocycles. The first-order valence-corrected chi connectivity index (χ1v) is 14.3. The largest absolute Gasteiger partial charge is 0.480 e. The van der Waals surface area contributed by atoms with Crippen molar-refractivity contribution in [1.82, 2.24) is 0 Å². The maximum atomic E-state index is 12.1. The normalized spacial score (nSPS) is 38.3. The van der Waals surface area contributed by atoms with Crippen molar-refractivity contribution < 1.29 is 24.2 Å². The summed E-state index contributed by atoms with van der Waals surface area (Å²) in [4.78, 5) is 22.7. The van der Waals surface area contributed by atoms with Gasteiger partial charge in [0.2, 0.25) is 0 Å². The minimum absolute atomic E-state index is 0.109. The molecule has 5 nitrogen and oxygen atoms in total. The second-order valence-corrected chi connectivity index (χ2v) is 13.0. The molecule has 0 bridgehead atoms. The zero-order chi connectivity index (χ0) is 25.2. The fourth-order valence-corrected chi connectivity index (χ4v) is 8.70. The standard InChI is InChI=1S/C30H48O5/c1-20(2)7-5-6-8-21-10-12-25-24-11-9-22-17-23(35-28(33)19-34-18-27(31)32)13-15-30(22,4)26(24)14-16-29(21,25)3/h9,20-21,23-26H,5-8,10-19H2,1-4H3,(H,31,32). The van der Waals surface area contributed by atoms with Gasteiger partial charge in [0.15, 0.2) is 0 Å². The smallest absolute Gasteiger partial charge is 0.332 e. The Balaban J connectivity index is 1.35. The van der Waals surface area contributed by atoms with Crippen molar-refractivity contribution in [2.45, 2.75) is 111 Å². The summed E-state index contributed by atoms with van der Waals surface area (Å²) >= 11 is 0. The van der Waals surface area contributed by atoms with Gasteiger partial charge in [-0.2, -0.15) is 0 Å². The molecule has 0 aromatic carbocycles. The summed E-state index contributed by atoms with van der Waals surface area (Å²) in [5.74, 6) is 2.65. The topological polar surface area (TPSA) is 72.8 Å². The highest BCUT2D eigenvalue weighted by Crippen LogP contribution is 2.66. The maximum absolute atomic E-state index is 12.1. The van der Waals surface area contributed by atoms with Crippen molar-refractivity contribution in [3.63, 3.8) is 0 Å². The van der Waals surface area contributed by atoms with Crippen LogP contribution < -0.4 is 0 Å². The number of allylic oxidation sites excluding steroid dienone is 1. The number of carbonyl (C=O) groups excluding carboxylic acids is 1. The van der Waals surface area contributed by atoms with E-state index in [0.29, 0.717) is 5.41 Å². The predicted molar refractivity (Wildman–Crippen MR) is 137 cm³/mol. The number of unbranched alkanes of at least 4 members (excludes halogenated alkanes) is 1. The van der Waals surface area contributed by atoms with E-state index >= 15 is 0 Å². The maximum Gasteiger partial charge on any atom is 0.332 e. The second-order valence-electron chi connectivity index (χ2n) is 13.0. The molecule has 0 spiro atoms. The third-order valence-corrected chi connectivity index (χ3v) is 10.6. The van der Waals surface area contributed by atoms with Gasteiger partial charge in [-0.1, -0.05) is 58.6 Å². The number of hydrogen-bond acceptors (Lipinski definition) is 4. The number of fused-ring (bicyclic) bond motifs is 5. The SMILES string of the molecule is CC(C)CCCCC1CCC2C3CC=C4CC(OC(=O)COCC(=O)O)CCC4(C)C3CCC12C. The summed E-state index contributed by atoms with van der Waals surface area (Å²) in [5.41, 5.74) is 2.27. The van der Waals surface area contributed by atoms with Crippen molar-refractivity contribution >= 4 is 11.9 Å². The minimum atomic E-state index is -1.07. The number of ether oxygens (including phenoxy) is 2. The second kappa shape index (κ2) is 10.9. The Bertz CT molecular complexity index is 803. The summed E-state index contributed by atoms with van der Waals surface area (Å²) in [6.07, 6.45) is 17.6. The first-order valence-electron chi connectivity index (χ1n) is 14.3. The number of carboxylic acid groups (broad SMARTS) is 1. The highest BCUT2D eigenvalue weighted by molar-refractivity contribution is 5.72. The van der Waals surface area contributed by atoms with Gasteiger partial charge in [-0.3, -0.25) is 0 Å². The van der Waals surface area contributed by atoms with Crippen LogP contribution in [0.15, 0.2) is 11.6 Å². The lowest BCUT2D eigenvalue weighted by Crippen LogP contribution is -2.50. The quantitative estimate of drug-likeness (QED) is 0.208. The van der Waals surface area contributed by atoms with Crippen LogP contribution in [0.5, 0.6) is 0 Å². The molecule has 3 saturated carbocycles. The first-order chi connectivity index (χ1) is 16.6. The first kappa shape index (κ1) is 26.7. The van der Waals surface area contributed by atoms with Gasteiger partial charge in [-0.15, -0.1) is 0 Å². The zero-order valence-electron chi connectivity index (χ0n) is 22.5. The molecule has 7 atom stereocenters. The van der Waals surface area contributed by atoms with Gasteiger partial charge in [-0.25, -0.2) is 9.59 Å². The number of hydrogen-bond donors (Lipinski definition) is 1. The van der Waals surface area contributed by atoms with Gasteiger partial charge in [0.1, 0.15) is 19.3 Å². The molecule has 1 N–H and O–H groups in total. The monoisotopic (exact) mass is 488 g/mol. The van der Waals surface area contributed by atoms with Gasteiger partial charge in [0.25, 0.3) is 0 Å². The summed E-state index contributed by atoms with van der Waals surface area (Å²) in [6, 6.07) is 0. The van der Waals surface area contributed by atoms with Crippen LogP contribution >= 0.6 is 0 Å². The molecule has 5 heteroatoms. The minimum Gasteiger partial charge on any atom is -0.480 e. The van der Waals surface area contributed by atoms with Crippen molar-refractivity contribution in [1.29, 1.82) is 0 Å². The van der Waals surface area contributed by atoms with Crippen molar-refractivity contribution in [3.05, 3.63) is 11.6 Å². The van der Waals surface area contributed by atoms with E-state index in [1.165, 1.54) is 63.4 Å². The van der Waals surface area contributed by atoms with E-state index in [0.717, 1.165) is 48.9 Å². The average Bonchev–Trinajstić information content (AvgIpc) is 3.13. The fraction of sp³-hybridized carbons (Fsp3) is 0.867. The lowest BCUT2D eigenvalue weighted by Gasteiger charge is -2.58. The van der Waals surface area contributed by atoms with Gasteiger partial charge < -0.3 is 14.6 Å². The van der Waals surface area contributed by atoms with Crippen LogP contribution in [-0.4, -0.2) is 36.4 Å². The number of rotatable bonds is 10. The van der Waals surface area contributed by atoms with E-state index in [2.05, 4.69) is 33.8 Å². The molecule has 0 radical (unpaired) electrons. The molecule has 0 heterocycles. The van der Waals surface area contributed by atoms with Crippen LogP contribution in [0, 0.1) is 40.4 Å². The molecule has 0 amide bonds. The molecule has 0 aliphatic heterocycles. The molecule has 4 aliphatic carbocycles. The summed E-state index contributed by atoms with van der Waals surface area (Å²) in [7, 11) is 0. The third-order valence-electron chi connectivity index (χ3n) is 10.6. The predicted octanol–water partition coefficient (Wildman–Crippen LogP) is 6.79. The average molecular weight is 489 g/mol. The van der Waals surface area contributed by atoms with Crippen LogP contribution in [0.1, 0.15) is 105 Å². The Kier molecular flexibility index (Phi) is 8.35. The van der Waals surface area contributed by atoms with E-state index in [4.69, 9.17) is 14.6 Å². The summed E-state index contributed by atoms with van der Waals surface area (Å²) in [6.45, 7) is 9.05. The lowest BCUT2D eigenvalue weighted by molar-refractivity contribution is -0.159. The van der Waals surface area contributed by atoms with Gasteiger partial charge in [0, 0.05) is 6.42 Å². The molecule has 7 unspecified atom stereocenters.